The maximum atomic E-state index is 12.9. The zero-order valence-electron chi connectivity index (χ0n) is 16.3. The fourth-order valence-electron chi connectivity index (χ4n) is 3.58. The lowest BCUT2D eigenvalue weighted by Crippen LogP contribution is -2.46. The lowest BCUT2D eigenvalue weighted by molar-refractivity contribution is -0.149. The van der Waals surface area contributed by atoms with E-state index >= 15 is 0 Å². The Kier molecular flexibility index (Phi) is 6.35. The number of benzene rings is 2. The van der Waals surface area contributed by atoms with Gasteiger partial charge in [0.05, 0.1) is 26.2 Å². The first-order valence-corrected chi connectivity index (χ1v) is 9.22. The Morgan fingerprint density at radius 3 is 2.21 bits per heavy atom. The van der Waals surface area contributed by atoms with Gasteiger partial charge in [-0.15, -0.1) is 0 Å². The van der Waals surface area contributed by atoms with Crippen LogP contribution in [-0.4, -0.2) is 32.7 Å². The molecule has 2 atom stereocenters. The third-order valence-corrected chi connectivity index (χ3v) is 4.99. The minimum Gasteiger partial charge on any atom is -0.497 e. The van der Waals surface area contributed by atoms with Gasteiger partial charge in [0.1, 0.15) is 17.6 Å². The summed E-state index contributed by atoms with van der Waals surface area (Å²) in [6.45, 7) is -0.318. The van der Waals surface area contributed by atoms with E-state index in [2.05, 4.69) is 0 Å². The van der Waals surface area contributed by atoms with E-state index in [1.807, 2.05) is 18.2 Å². The largest absolute Gasteiger partial charge is 0.497 e. The van der Waals surface area contributed by atoms with Gasteiger partial charge in [0.15, 0.2) is 6.61 Å². The Balaban J connectivity index is 2.04. The molecule has 2 aromatic carbocycles. The van der Waals surface area contributed by atoms with Crippen molar-refractivity contribution in [2.24, 2.45) is 5.92 Å². The van der Waals surface area contributed by atoms with E-state index in [0.717, 1.165) is 5.56 Å². The number of amides is 1. The van der Waals surface area contributed by atoms with Crippen LogP contribution in [0.15, 0.2) is 48.5 Å². The van der Waals surface area contributed by atoms with Crippen molar-refractivity contribution in [3.05, 3.63) is 54.1 Å². The standard InChI is InChI=1S/C22H22N2O5/c1-27-17-7-3-15(4-8-17)21-19(22(26)29-14-13-23)11-12-20(25)24(21)16-5-9-18(28-2)10-6-16/h3-10,19,21H,11-12,14H2,1-2H3/t19-,21+/m1/s1. The van der Waals surface area contributed by atoms with E-state index in [4.69, 9.17) is 19.5 Å². The number of piperidine rings is 1. The molecule has 0 radical (unpaired) electrons. The highest BCUT2D eigenvalue weighted by molar-refractivity contribution is 5.97. The number of hydrogen-bond donors (Lipinski definition) is 0. The van der Waals surface area contributed by atoms with Gasteiger partial charge in [-0.3, -0.25) is 9.59 Å². The summed E-state index contributed by atoms with van der Waals surface area (Å²) in [7, 11) is 3.15. The molecule has 0 spiro atoms. The van der Waals surface area contributed by atoms with Crippen LogP contribution in [-0.2, 0) is 14.3 Å². The maximum Gasteiger partial charge on any atom is 0.312 e. The molecule has 1 fully saturated rings. The molecule has 0 bridgehead atoms. The number of esters is 1. The van der Waals surface area contributed by atoms with Crippen LogP contribution in [0.25, 0.3) is 0 Å². The summed E-state index contributed by atoms with van der Waals surface area (Å²) in [5.74, 6) is 0.190. The Morgan fingerprint density at radius 2 is 1.66 bits per heavy atom. The van der Waals surface area contributed by atoms with Crippen LogP contribution in [0.2, 0.25) is 0 Å². The molecule has 3 rings (SSSR count). The van der Waals surface area contributed by atoms with Gasteiger partial charge in [0.2, 0.25) is 5.91 Å². The van der Waals surface area contributed by atoms with Gasteiger partial charge in [0.25, 0.3) is 0 Å². The SMILES string of the molecule is COc1ccc([C@H]2[C@H](C(=O)OCC#N)CCC(=O)N2c2ccc(OC)cc2)cc1. The van der Waals surface area contributed by atoms with Crippen molar-refractivity contribution in [3.8, 4) is 17.6 Å². The predicted molar refractivity (Wildman–Crippen MR) is 106 cm³/mol. The molecule has 150 valence electrons. The molecule has 0 N–H and O–H groups in total. The van der Waals surface area contributed by atoms with Crippen molar-refractivity contribution in [3.63, 3.8) is 0 Å². The number of ether oxygens (including phenoxy) is 3. The highest BCUT2D eigenvalue weighted by Gasteiger charge is 2.42. The first-order valence-electron chi connectivity index (χ1n) is 9.22. The second-order valence-electron chi connectivity index (χ2n) is 6.59. The average Bonchev–Trinajstić information content (AvgIpc) is 2.77. The van der Waals surface area contributed by atoms with Crippen molar-refractivity contribution in [1.82, 2.24) is 0 Å². The Bertz CT molecular complexity index is 902. The van der Waals surface area contributed by atoms with Crippen LogP contribution >= 0.6 is 0 Å². The zero-order valence-corrected chi connectivity index (χ0v) is 16.3. The highest BCUT2D eigenvalue weighted by Crippen LogP contribution is 2.41. The summed E-state index contributed by atoms with van der Waals surface area (Å²) in [4.78, 5) is 27.2. The second kappa shape index (κ2) is 9.11. The second-order valence-corrected chi connectivity index (χ2v) is 6.59. The number of hydrogen-bond acceptors (Lipinski definition) is 6. The van der Waals surface area contributed by atoms with Crippen molar-refractivity contribution < 1.29 is 23.8 Å². The van der Waals surface area contributed by atoms with Gasteiger partial charge in [0, 0.05) is 12.1 Å². The molecule has 0 saturated carbocycles. The summed E-state index contributed by atoms with van der Waals surface area (Å²) in [6.07, 6.45) is 0.567. The van der Waals surface area contributed by atoms with Crippen LogP contribution in [0.4, 0.5) is 5.69 Å². The molecule has 1 heterocycles. The van der Waals surface area contributed by atoms with Crippen molar-refractivity contribution in [2.75, 3.05) is 25.7 Å². The molecular weight excluding hydrogens is 372 g/mol. The summed E-state index contributed by atoms with van der Waals surface area (Å²) < 4.78 is 15.5. The lowest BCUT2D eigenvalue weighted by Gasteiger charge is -2.40. The Morgan fingerprint density at radius 1 is 1.07 bits per heavy atom. The normalized spacial score (nSPS) is 18.7. The number of rotatable bonds is 6. The van der Waals surface area contributed by atoms with Gasteiger partial charge in [-0.25, -0.2) is 0 Å². The van der Waals surface area contributed by atoms with E-state index in [9.17, 15) is 9.59 Å². The number of nitrogens with zero attached hydrogens (tertiary/aromatic N) is 2. The minimum atomic E-state index is -0.587. The third kappa shape index (κ3) is 4.32. The van der Waals surface area contributed by atoms with Crippen LogP contribution in [0, 0.1) is 17.2 Å². The van der Waals surface area contributed by atoms with Crippen molar-refractivity contribution in [2.45, 2.75) is 18.9 Å². The van der Waals surface area contributed by atoms with E-state index in [1.165, 1.54) is 0 Å². The highest BCUT2D eigenvalue weighted by atomic mass is 16.5. The smallest absolute Gasteiger partial charge is 0.312 e. The molecule has 2 aromatic rings. The average molecular weight is 394 g/mol. The van der Waals surface area contributed by atoms with Gasteiger partial charge in [-0.2, -0.15) is 5.26 Å². The van der Waals surface area contributed by atoms with Crippen LogP contribution < -0.4 is 14.4 Å². The van der Waals surface area contributed by atoms with E-state index in [0.29, 0.717) is 23.6 Å². The molecule has 1 aliphatic rings. The summed E-state index contributed by atoms with van der Waals surface area (Å²) in [5, 5.41) is 8.76. The van der Waals surface area contributed by atoms with Crippen molar-refractivity contribution in [1.29, 1.82) is 5.26 Å². The molecule has 0 unspecified atom stereocenters. The van der Waals surface area contributed by atoms with E-state index in [1.54, 1.807) is 55.5 Å². The molecular formula is C22H22N2O5. The lowest BCUT2D eigenvalue weighted by atomic mass is 9.83. The first kappa shape index (κ1) is 20.2. The molecule has 1 amide bonds. The molecule has 7 nitrogen and oxygen atoms in total. The van der Waals surface area contributed by atoms with E-state index < -0.39 is 17.9 Å². The maximum absolute atomic E-state index is 12.9. The van der Waals surface area contributed by atoms with Crippen LogP contribution in [0.3, 0.4) is 0 Å². The third-order valence-electron chi connectivity index (χ3n) is 4.99. The molecule has 1 saturated heterocycles. The zero-order chi connectivity index (χ0) is 20.8. The van der Waals surface area contributed by atoms with Gasteiger partial charge < -0.3 is 19.1 Å². The fourth-order valence-corrected chi connectivity index (χ4v) is 3.58. The summed E-state index contributed by atoms with van der Waals surface area (Å²) >= 11 is 0. The van der Waals surface area contributed by atoms with E-state index in [-0.39, 0.29) is 18.9 Å². The van der Waals surface area contributed by atoms with Gasteiger partial charge >= 0.3 is 5.97 Å². The molecule has 0 aromatic heterocycles. The number of carbonyl (C=O) groups excluding carboxylic acids is 2. The summed E-state index contributed by atoms with van der Waals surface area (Å²) in [6, 6.07) is 15.6. The quantitative estimate of drug-likeness (QED) is 0.699. The minimum absolute atomic E-state index is 0.0830. The first-order chi connectivity index (χ1) is 14.1. The molecule has 0 aliphatic carbocycles. The molecule has 1 aliphatic heterocycles. The number of methoxy groups -OCH3 is 2. The molecule has 29 heavy (non-hydrogen) atoms. The molecule has 7 heteroatoms. The van der Waals surface area contributed by atoms with Gasteiger partial charge in [-0.05, 0) is 48.4 Å². The number of anilines is 1. The fraction of sp³-hybridized carbons (Fsp3) is 0.318. The van der Waals surface area contributed by atoms with Crippen LogP contribution in [0.5, 0.6) is 11.5 Å². The predicted octanol–water partition coefficient (Wildman–Crippen LogP) is 3.25. The monoisotopic (exact) mass is 394 g/mol. The Hall–Kier alpha value is -3.53. The Labute approximate surface area is 169 Å². The summed E-state index contributed by atoms with van der Waals surface area (Å²) in [5.41, 5.74) is 1.45. The topological polar surface area (TPSA) is 88.9 Å². The van der Waals surface area contributed by atoms with Crippen molar-refractivity contribution >= 4 is 17.6 Å². The number of carbonyl (C=O) groups is 2. The number of nitriles is 1. The van der Waals surface area contributed by atoms with Crippen LogP contribution in [0.1, 0.15) is 24.4 Å². The van der Waals surface area contributed by atoms with Gasteiger partial charge in [-0.1, -0.05) is 12.1 Å².